The van der Waals surface area contributed by atoms with Crippen LogP contribution in [-0.2, 0) is 12.7 Å². The van der Waals surface area contributed by atoms with E-state index in [2.05, 4.69) is 5.32 Å². The van der Waals surface area contributed by atoms with Crippen LogP contribution < -0.4 is 5.32 Å². The van der Waals surface area contributed by atoms with E-state index >= 15 is 0 Å². The molecule has 0 aromatic heterocycles. The van der Waals surface area contributed by atoms with Crippen molar-refractivity contribution in [3.8, 4) is 0 Å². The molecule has 0 bridgehead atoms. The molecular weight excluding hydrogens is 219 g/mol. The second-order valence-electron chi connectivity index (χ2n) is 3.68. The summed E-state index contributed by atoms with van der Waals surface area (Å²) in [7, 11) is 0. The minimum atomic E-state index is -4.31. The lowest BCUT2D eigenvalue weighted by atomic mass is 10.1. The number of nitrogens with one attached hydrogen (secondary N) is 1. The maximum absolute atomic E-state index is 12.4. The largest absolute Gasteiger partial charge is 0.416 e. The minimum absolute atomic E-state index is 0.314. The summed E-state index contributed by atoms with van der Waals surface area (Å²) in [6.45, 7) is 2.28. The predicted octanol–water partition coefficient (Wildman–Crippen LogP) is 2.18. The van der Waals surface area contributed by atoms with Gasteiger partial charge < -0.3 is 10.4 Å². The normalized spacial score (nSPS) is 13.8. The highest BCUT2D eigenvalue weighted by atomic mass is 19.4. The molecule has 1 atom stereocenters. The first-order valence-corrected chi connectivity index (χ1v) is 4.94. The Hall–Kier alpha value is -1.07. The van der Waals surface area contributed by atoms with Gasteiger partial charge in [-0.15, -0.1) is 0 Å². The number of hydrogen-bond donors (Lipinski definition) is 2. The van der Waals surface area contributed by atoms with E-state index in [1.54, 1.807) is 13.0 Å². The number of aliphatic hydroxyl groups excluding tert-OH is 1. The monoisotopic (exact) mass is 233 g/mol. The summed E-state index contributed by atoms with van der Waals surface area (Å²) < 4.78 is 37.1. The molecule has 1 aromatic rings. The molecule has 90 valence electrons. The Morgan fingerprint density at radius 3 is 2.62 bits per heavy atom. The van der Waals surface area contributed by atoms with E-state index in [9.17, 15) is 13.2 Å². The zero-order valence-electron chi connectivity index (χ0n) is 8.88. The van der Waals surface area contributed by atoms with Crippen molar-refractivity contribution in [3.05, 3.63) is 35.4 Å². The van der Waals surface area contributed by atoms with Gasteiger partial charge in [-0.2, -0.15) is 13.2 Å². The maximum Gasteiger partial charge on any atom is 0.416 e. The minimum Gasteiger partial charge on any atom is -0.392 e. The number of rotatable bonds is 4. The van der Waals surface area contributed by atoms with E-state index in [-0.39, 0.29) is 0 Å². The van der Waals surface area contributed by atoms with Gasteiger partial charge in [0.1, 0.15) is 0 Å². The van der Waals surface area contributed by atoms with E-state index in [0.717, 1.165) is 12.1 Å². The highest BCUT2D eigenvalue weighted by molar-refractivity contribution is 5.25. The van der Waals surface area contributed by atoms with Gasteiger partial charge in [0.05, 0.1) is 11.7 Å². The van der Waals surface area contributed by atoms with Crippen LogP contribution in [0.5, 0.6) is 0 Å². The Morgan fingerprint density at radius 1 is 1.38 bits per heavy atom. The van der Waals surface area contributed by atoms with Gasteiger partial charge in [0.25, 0.3) is 0 Å². The molecule has 0 spiro atoms. The van der Waals surface area contributed by atoms with Crippen molar-refractivity contribution in [3.63, 3.8) is 0 Å². The van der Waals surface area contributed by atoms with Gasteiger partial charge >= 0.3 is 6.18 Å². The number of hydrogen-bond acceptors (Lipinski definition) is 2. The molecule has 1 rings (SSSR count). The standard InChI is InChI=1S/C11H14F3NO/c1-8(16)6-15-7-9-3-2-4-10(5-9)11(12,13)14/h2-5,8,15-16H,6-7H2,1H3. The quantitative estimate of drug-likeness (QED) is 0.835. The molecule has 2 N–H and O–H groups in total. The van der Waals surface area contributed by atoms with E-state index in [1.165, 1.54) is 6.07 Å². The molecule has 0 aliphatic rings. The number of alkyl halides is 3. The van der Waals surface area contributed by atoms with Crippen LogP contribution in [-0.4, -0.2) is 17.8 Å². The van der Waals surface area contributed by atoms with Crippen LogP contribution in [0.2, 0.25) is 0 Å². The van der Waals surface area contributed by atoms with E-state index in [4.69, 9.17) is 5.11 Å². The molecule has 0 amide bonds. The molecule has 5 heteroatoms. The zero-order chi connectivity index (χ0) is 12.2. The summed E-state index contributed by atoms with van der Waals surface area (Å²) in [6.07, 6.45) is -4.81. The fourth-order valence-electron chi connectivity index (χ4n) is 1.28. The van der Waals surface area contributed by atoms with Gasteiger partial charge in [0.2, 0.25) is 0 Å². The summed E-state index contributed by atoms with van der Waals surface area (Å²) >= 11 is 0. The van der Waals surface area contributed by atoms with Crippen LogP contribution in [0.25, 0.3) is 0 Å². The number of halogens is 3. The smallest absolute Gasteiger partial charge is 0.392 e. The predicted molar refractivity (Wildman–Crippen MR) is 54.8 cm³/mol. The molecule has 0 aliphatic carbocycles. The molecule has 2 nitrogen and oxygen atoms in total. The Bertz CT molecular complexity index is 336. The lowest BCUT2D eigenvalue weighted by Gasteiger charge is -2.10. The Balaban J connectivity index is 2.61. The summed E-state index contributed by atoms with van der Waals surface area (Å²) in [4.78, 5) is 0. The van der Waals surface area contributed by atoms with Crippen LogP contribution in [0.1, 0.15) is 18.1 Å². The van der Waals surface area contributed by atoms with Crippen LogP contribution >= 0.6 is 0 Å². The van der Waals surface area contributed by atoms with Gasteiger partial charge in [0, 0.05) is 13.1 Å². The Kier molecular flexibility index (Phi) is 4.32. The van der Waals surface area contributed by atoms with Crippen LogP contribution in [0.15, 0.2) is 24.3 Å². The first-order valence-electron chi connectivity index (χ1n) is 4.94. The first-order chi connectivity index (χ1) is 7.39. The van der Waals surface area contributed by atoms with Crippen LogP contribution in [0.3, 0.4) is 0 Å². The van der Waals surface area contributed by atoms with Crippen LogP contribution in [0.4, 0.5) is 13.2 Å². The molecule has 0 fully saturated rings. The van der Waals surface area contributed by atoms with Gasteiger partial charge in [-0.05, 0) is 18.6 Å². The fourth-order valence-corrected chi connectivity index (χ4v) is 1.28. The van der Waals surface area contributed by atoms with Crippen molar-refractivity contribution in [1.29, 1.82) is 0 Å². The Morgan fingerprint density at radius 2 is 2.06 bits per heavy atom. The van der Waals surface area contributed by atoms with Crippen molar-refractivity contribution >= 4 is 0 Å². The third-order valence-corrected chi connectivity index (χ3v) is 2.02. The maximum atomic E-state index is 12.4. The van der Waals surface area contributed by atoms with Crippen molar-refractivity contribution in [2.75, 3.05) is 6.54 Å². The average molecular weight is 233 g/mol. The van der Waals surface area contributed by atoms with Crippen molar-refractivity contribution < 1.29 is 18.3 Å². The number of benzene rings is 1. The van der Waals surface area contributed by atoms with E-state index in [1.807, 2.05) is 0 Å². The summed E-state index contributed by atoms with van der Waals surface area (Å²) in [5.74, 6) is 0. The summed E-state index contributed by atoms with van der Waals surface area (Å²) in [5, 5.41) is 11.8. The topological polar surface area (TPSA) is 32.3 Å². The second-order valence-corrected chi connectivity index (χ2v) is 3.68. The molecule has 0 radical (unpaired) electrons. The van der Waals surface area contributed by atoms with Crippen molar-refractivity contribution in [2.24, 2.45) is 0 Å². The Labute approximate surface area is 92.1 Å². The molecule has 0 saturated carbocycles. The molecular formula is C11H14F3NO. The average Bonchev–Trinajstić information content (AvgIpc) is 2.16. The lowest BCUT2D eigenvalue weighted by Crippen LogP contribution is -2.24. The van der Waals surface area contributed by atoms with Crippen molar-refractivity contribution in [2.45, 2.75) is 25.7 Å². The summed E-state index contributed by atoms with van der Waals surface area (Å²) in [6, 6.07) is 5.14. The molecule has 1 aromatic carbocycles. The molecule has 0 aliphatic heterocycles. The van der Waals surface area contributed by atoms with Gasteiger partial charge in [-0.25, -0.2) is 0 Å². The lowest BCUT2D eigenvalue weighted by molar-refractivity contribution is -0.137. The summed E-state index contributed by atoms with van der Waals surface area (Å²) in [5.41, 5.74) is -0.0979. The molecule has 16 heavy (non-hydrogen) atoms. The third-order valence-electron chi connectivity index (χ3n) is 2.02. The first kappa shape index (κ1) is 13.0. The van der Waals surface area contributed by atoms with Gasteiger partial charge in [-0.1, -0.05) is 18.2 Å². The molecule has 1 unspecified atom stereocenters. The third kappa shape index (κ3) is 4.20. The van der Waals surface area contributed by atoms with Crippen LogP contribution in [0, 0.1) is 0 Å². The van der Waals surface area contributed by atoms with E-state index < -0.39 is 17.8 Å². The highest BCUT2D eigenvalue weighted by Crippen LogP contribution is 2.29. The fraction of sp³-hybridized carbons (Fsp3) is 0.455. The SMILES string of the molecule is CC(O)CNCc1cccc(C(F)(F)F)c1. The molecule has 0 saturated heterocycles. The number of aliphatic hydroxyl groups is 1. The van der Waals surface area contributed by atoms with E-state index in [0.29, 0.717) is 18.7 Å². The van der Waals surface area contributed by atoms with Gasteiger partial charge in [-0.3, -0.25) is 0 Å². The zero-order valence-corrected chi connectivity index (χ0v) is 8.88. The van der Waals surface area contributed by atoms with Gasteiger partial charge in [0.15, 0.2) is 0 Å². The van der Waals surface area contributed by atoms with Crippen molar-refractivity contribution in [1.82, 2.24) is 5.32 Å². The molecule has 0 heterocycles. The highest BCUT2D eigenvalue weighted by Gasteiger charge is 2.30. The second kappa shape index (κ2) is 5.32.